The van der Waals surface area contributed by atoms with Crippen molar-refractivity contribution in [2.75, 3.05) is 6.54 Å². The summed E-state index contributed by atoms with van der Waals surface area (Å²) in [5.41, 5.74) is 4.32. The van der Waals surface area contributed by atoms with Gasteiger partial charge >= 0.3 is 0 Å². The lowest BCUT2D eigenvalue weighted by Gasteiger charge is -2.26. The van der Waals surface area contributed by atoms with Crippen LogP contribution < -0.4 is 5.32 Å². The van der Waals surface area contributed by atoms with E-state index in [2.05, 4.69) is 59.9 Å². The van der Waals surface area contributed by atoms with Crippen molar-refractivity contribution in [1.82, 2.24) is 5.32 Å². The lowest BCUT2D eigenvalue weighted by molar-refractivity contribution is 0.591. The molecule has 0 fully saturated rings. The molecule has 0 saturated carbocycles. The molecule has 0 amide bonds. The Kier molecular flexibility index (Phi) is 2.47. The summed E-state index contributed by atoms with van der Waals surface area (Å²) in [7, 11) is 0. The Labute approximate surface area is 96.1 Å². The molecule has 1 heterocycles. The monoisotopic (exact) mass is 209 g/mol. The third-order valence-electron chi connectivity index (χ3n) is 3.30. The van der Waals surface area contributed by atoms with Crippen LogP contribution in [-0.4, -0.2) is 6.54 Å². The summed E-state index contributed by atoms with van der Waals surface area (Å²) in [4.78, 5) is 0. The summed E-state index contributed by atoms with van der Waals surface area (Å²) in [5, 5.41) is 3.49. The first-order chi connectivity index (χ1) is 7.95. The van der Waals surface area contributed by atoms with Gasteiger partial charge in [0.05, 0.1) is 0 Å². The summed E-state index contributed by atoms with van der Waals surface area (Å²) >= 11 is 0. The molecule has 0 unspecified atom stereocenters. The molecule has 1 aliphatic heterocycles. The highest BCUT2D eigenvalue weighted by atomic mass is 14.9. The van der Waals surface area contributed by atoms with Gasteiger partial charge in [-0.15, -0.1) is 0 Å². The predicted molar refractivity (Wildman–Crippen MR) is 66.4 cm³/mol. The summed E-state index contributed by atoms with van der Waals surface area (Å²) in [5.74, 6) is 0.506. The molecule has 0 aliphatic carbocycles. The number of nitrogens with one attached hydrogen (secondary N) is 1. The average Bonchev–Trinajstić information content (AvgIpc) is 2.39. The highest BCUT2D eigenvalue weighted by molar-refractivity contribution is 5.39. The molecule has 0 bridgehead atoms. The van der Waals surface area contributed by atoms with E-state index in [9.17, 15) is 0 Å². The van der Waals surface area contributed by atoms with Crippen molar-refractivity contribution < 1.29 is 0 Å². The minimum Gasteiger partial charge on any atom is -0.312 e. The molecule has 3 rings (SSSR count). The second-order valence-corrected chi connectivity index (χ2v) is 4.29. The van der Waals surface area contributed by atoms with Crippen molar-refractivity contribution in [2.45, 2.75) is 12.5 Å². The molecule has 2 aromatic rings. The number of fused-ring (bicyclic) bond motifs is 1. The largest absolute Gasteiger partial charge is 0.312 e. The van der Waals surface area contributed by atoms with E-state index in [4.69, 9.17) is 0 Å². The minimum atomic E-state index is 0.506. The van der Waals surface area contributed by atoms with E-state index in [1.54, 1.807) is 0 Å². The highest BCUT2D eigenvalue weighted by Crippen LogP contribution is 2.29. The summed E-state index contributed by atoms with van der Waals surface area (Å²) in [6.07, 6.45) is 0. The topological polar surface area (TPSA) is 12.0 Å². The Hall–Kier alpha value is -1.60. The summed E-state index contributed by atoms with van der Waals surface area (Å²) < 4.78 is 0. The second kappa shape index (κ2) is 4.11. The van der Waals surface area contributed by atoms with Gasteiger partial charge < -0.3 is 5.32 Å². The first kappa shape index (κ1) is 9.61. The van der Waals surface area contributed by atoms with Crippen LogP contribution >= 0.6 is 0 Å². The van der Waals surface area contributed by atoms with Crippen LogP contribution in [0.25, 0.3) is 0 Å². The molecule has 2 aromatic carbocycles. The molecule has 1 nitrogen and oxygen atoms in total. The molecule has 1 N–H and O–H groups in total. The van der Waals surface area contributed by atoms with Gasteiger partial charge in [0.1, 0.15) is 0 Å². The smallest absolute Gasteiger partial charge is 0.0218 e. The number of hydrogen-bond donors (Lipinski definition) is 1. The van der Waals surface area contributed by atoms with Crippen LogP contribution in [0.4, 0.5) is 0 Å². The Morgan fingerprint density at radius 2 is 1.62 bits per heavy atom. The van der Waals surface area contributed by atoms with E-state index < -0.39 is 0 Å². The molecule has 0 aromatic heterocycles. The fourth-order valence-corrected chi connectivity index (χ4v) is 2.48. The maximum atomic E-state index is 3.49. The highest BCUT2D eigenvalue weighted by Gasteiger charge is 2.20. The molecule has 80 valence electrons. The lowest BCUT2D eigenvalue weighted by Crippen LogP contribution is -2.28. The normalized spacial score (nSPS) is 19.1. The fourth-order valence-electron chi connectivity index (χ4n) is 2.48. The number of rotatable bonds is 1. The van der Waals surface area contributed by atoms with E-state index in [-0.39, 0.29) is 0 Å². The van der Waals surface area contributed by atoms with Gasteiger partial charge in [0.2, 0.25) is 0 Å². The molecule has 0 spiro atoms. The Bertz CT molecular complexity index is 476. The lowest BCUT2D eigenvalue weighted by atomic mass is 9.86. The van der Waals surface area contributed by atoms with Gasteiger partial charge in [-0.3, -0.25) is 0 Å². The fraction of sp³-hybridized carbons (Fsp3) is 0.200. The van der Waals surface area contributed by atoms with Gasteiger partial charge in [-0.2, -0.15) is 0 Å². The molecule has 1 heteroatoms. The van der Waals surface area contributed by atoms with E-state index >= 15 is 0 Å². The van der Waals surface area contributed by atoms with Crippen molar-refractivity contribution >= 4 is 0 Å². The second-order valence-electron chi connectivity index (χ2n) is 4.29. The zero-order valence-electron chi connectivity index (χ0n) is 9.19. The average molecular weight is 209 g/mol. The first-order valence-electron chi connectivity index (χ1n) is 5.78. The minimum absolute atomic E-state index is 0.506. The van der Waals surface area contributed by atoms with Crippen molar-refractivity contribution in [3.63, 3.8) is 0 Å². The summed E-state index contributed by atoms with van der Waals surface area (Å²) in [6.45, 7) is 2.04. The molecule has 1 aliphatic rings. The van der Waals surface area contributed by atoms with Gasteiger partial charge in [0.25, 0.3) is 0 Å². The molecule has 1 atom stereocenters. The maximum Gasteiger partial charge on any atom is 0.0218 e. The van der Waals surface area contributed by atoms with Crippen LogP contribution in [0.2, 0.25) is 0 Å². The molecular weight excluding hydrogens is 194 g/mol. The van der Waals surface area contributed by atoms with Crippen LogP contribution in [0.5, 0.6) is 0 Å². The van der Waals surface area contributed by atoms with Crippen LogP contribution in [0.1, 0.15) is 22.6 Å². The zero-order valence-corrected chi connectivity index (χ0v) is 9.19. The molecule has 0 radical (unpaired) electrons. The van der Waals surface area contributed by atoms with Crippen molar-refractivity contribution in [2.24, 2.45) is 0 Å². The third kappa shape index (κ3) is 1.63. The van der Waals surface area contributed by atoms with Crippen molar-refractivity contribution in [1.29, 1.82) is 0 Å². The summed E-state index contributed by atoms with van der Waals surface area (Å²) in [6, 6.07) is 19.5. The number of hydrogen-bond acceptors (Lipinski definition) is 1. The van der Waals surface area contributed by atoms with E-state index in [0.717, 1.165) is 13.1 Å². The number of benzene rings is 2. The van der Waals surface area contributed by atoms with Crippen molar-refractivity contribution in [3.05, 3.63) is 71.3 Å². The van der Waals surface area contributed by atoms with E-state index in [1.165, 1.54) is 16.7 Å². The van der Waals surface area contributed by atoms with Crippen LogP contribution in [0.3, 0.4) is 0 Å². The van der Waals surface area contributed by atoms with Gasteiger partial charge in [-0.1, -0.05) is 54.6 Å². The third-order valence-corrected chi connectivity index (χ3v) is 3.30. The van der Waals surface area contributed by atoms with Gasteiger partial charge in [0, 0.05) is 19.0 Å². The van der Waals surface area contributed by atoms with E-state index in [1.807, 2.05) is 0 Å². The van der Waals surface area contributed by atoms with Gasteiger partial charge in [0.15, 0.2) is 0 Å². The molecular formula is C15H15N. The Morgan fingerprint density at radius 1 is 0.875 bits per heavy atom. The van der Waals surface area contributed by atoms with Crippen molar-refractivity contribution in [3.8, 4) is 0 Å². The Balaban J connectivity index is 2.05. The SMILES string of the molecule is c1ccc([C@@H]2CNCc3ccccc32)cc1. The van der Waals surface area contributed by atoms with Crippen LogP contribution in [-0.2, 0) is 6.54 Å². The Morgan fingerprint density at radius 3 is 2.50 bits per heavy atom. The van der Waals surface area contributed by atoms with Gasteiger partial charge in [-0.05, 0) is 16.7 Å². The first-order valence-corrected chi connectivity index (χ1v) is 5.78. The standard InChI is InChI=1S/C15H15N/c1-2-6-12(7-3-1)15-11-16-10-13-8-4-5-9-14(13)15/h1-9,15-16H,10-11H2/t15-/m0/s1. The predicted octanol–water partition coefficient (Wildman–Crippen LogP) is 2.92. The van der Waals surface area contributed by atoms with Gasteiger partial charge in [-0.25, -0.2) is 0 Å². The zero-order chi connectivity index (χ0) is 10.8. The van der Waals surface area contributed by atoms with Crippen LogP contribution in [0.15, 0.2) is 54.6 Å². The van der Waals surface area contributed by atoms with E-state index in [0.29, 0.717) is 5.92 Å². The maximum absolute atomic E-state index is 3.49. The molecule has 16 heavy (non-hydrogen) atoms. The quantitative estimate of drug-likeness (QED) is 0.761. The van der Waals surface area contributed by atoms with Crippen LogP contribution in [0, 0.1) is 0 Å². The molecule has 0 saturated heterocycles.